The summed E-state index contributed by atoms with van der Waals surface area (Å²) in [6.45, 7) is 1.40. The topological polar surface area (TPSA) is 55.4 Å². The summed E-state index contributed by atoms with van der Waals surface area (Å²) >= 11 is 12.1. The Morgan fingerprint density at radius 2 is 1.78 bits per heavy atom. The van der Waals surface area contributed by atoms with Gasteiger partial charge in [0.25, 0.3) is 5.91 Å². The lowest BCUT2D eigenvalue weighted by atomic mass is 10.2. The van der Waals surface area contributed by atoms with Crippen LogP contribution in [0, 0.1) is 6.92 Å². The van der Waals surface area contributed by atoms with Crippen LogP contribution in [0.1, 0.15) is 11.1 Å². The number of carbonyl (C=O) groups excluding carboxylic acids is 2. The summed E-state index contributed by atoms with van der Waals surface area (Å²) in [6.07, 6.45) is 0.111. The molecule has 0 aliphatic heterocycles. The van der Waals surface area contributed by atoms with Gasteiger partial charge in [-0.25, -0.2) is 0 Å². The predicted molar refractivity (Wildman–Crippen MR) is 90.9 cm³/mol. The molecule has 1 amide bonds. The molecule has 2 rings (SSSR count). The summed E-state index contributed by atoms with van der Waals surface area (Å²) in [4.78, 5) is 23.6. The van der Waals surface area contributed by atoms with Crippen LogP contribution in [0.4, 0.5) is 5.69 Å². The maximum absolute atomic E-state index is 11.9. The van der Waals surface area contributed by atoms with Gasteiger partial charge < -0.3 is 10.1 Å². The van der Waals surface area contributed by atoms with Gasteiger partial charge in [0.2, 0.25) is 0 Å². The highest BCUT2D eigenvalue weighted by atomic mass is 35.5. The number of hydrogen-bond acceptors (Lipinski definition) is 3. The summed E-state index contributed by atoms with van der Waals surface area (Å²) in [5.41, 5.74) is 1.92. The van der Waals surface area contributed by atoms with Crippen molar-refractivity contribution in [1.29, 1.82) is 0 Å². The molecule has 0 fully saturated rings. The van der Waals surface area contributed by atoms with E-state index in [9.17, 15) is 9.59 Å². The van der Waals surface area contributed by atoms with Gasteiger partial charge in [0.05, 0.1) is 22.2 Å². The molecule has 0 saturated carbocycles. The molecule has 120 valence electrons. The first-order valence-corrected chi connectivity index (χ1v) is 7.67. The summed E-state index contributed by atoms with van der Waals surface area (Å²) in [5, 5.41) is 3.24. The van der Waals surface area contributed by atoms with Gasteiger partial charge in [-0.2, -0.15) is 0 Å². The van der Waals surface area contributed by atoms with Crippen LogP contribution >= 0.6 is 23.2 Å². The highest BCUT2D eigenvalue weighted by molar-refractivity contribution is 6.40. The van der Waals surface area contributed by atoms with E-state index in [2.05, 4.69) is 5.32 Å². The zero-order chi connectivity index (χ0) is 16.8. The molecule has 0 saturated heterocycles. The normalized spacial score (nSPS) is 10.2. The van der Waals surface area contributed by atoms with Gasteiger partial charge in [0.1, 0.15) is 0 Å². The van der Waals surface area contributed by atoms with Crippen molar-refractivity contribution in [2.75, 3.05) is 11.9 Å². The molecule has 0 atom stereocenters. The molecule has 0 aliphatic rings. The Kier molecular flexibility index (Phi) is 6.02. The summed E-state index contributed by atoms with van der Waals surface area (Å²) in [5.74, 6) is -0.978. The highest BCUT2D eigenvalue weighted by Crippen LogP contribution is 2.32. The average Bonchev–Trinajstić information content (AvgIpc) is 2.54. The van der Waals surface area contributed by atoms with E-state index in [-0.39, 0.29) is 6.42 Å². The van der Waals surface area contributed by atoms with Gasteiger partial charge in [-0.1, -0.05) is 59.6 Å². The van der Waals surface area contributed by atoms with Crippen LogP contribution in [-0.2, 0) is 20.7 Å². The summed E-state index contributed by atoms with van der Waals surface area (Å²) in [7, 11) is 0. The van der Waals surface area contributed by atoms with E-state index in [4.69, 9.17) is 27.9 Å². The van der Waals surface area contributed by atoms with Gasteiger partial charge in [-0.05, 0) is 24.1 Å². The Morgan fingerprint density at radius 1 is 1.09 bits per heavy atom. The Morgan fingerprint density at radius 3 is 2.48 bits per heavy atom. The molecule has 2 aromatic rings. The van der Waals surface area contributed by atoms with Crippen molar-refractivity contribution >= 4 is 40.8 Å². The molecule has 0 aromatic heterocycles. The van der Waals surface area contributed by atoms with Crippen LogP contribution in [-0.4, -0.2) is 18.5 Å². The Labute approximate surface area is 144 Å². The number of benzene rings is 2. The van der Waals surface area contributed by atoms with E-state index in [1.807, 2.05) is 30.3 Å². The van der Waals surface area contributed by atoms with Crippen molar-refractivity contribution in [1.82, 2.24) is 0 Å². The van der Waals surface area contributed by atoms with Crippen LogP contribution < -0.4 is 5.32 Å². The number of nitrogens with one attached hydrogen (secondary N) is 1. The molecule has 0 unspecified atom stereocenters. The minimum Gasteiger partial charge on any atom is -0.455 e. The maximum atomic E-state index is 11.9. The Bertz CT molecular complexity index is 717. The van der Waals surface area contributed by atoms with Gasteiger partial charge in [-0.3, -0.25) is 9.59 Å². The number of ether oxygens (including phenoxy) is 1. The lowest BCUT2D eigenvalue weighted by Crippen LogP contribution is -2.22. The summed E-state index contributed by atoms with van der Waals surface area (Å²) < 4.78 is 4.95. The number of halogens is 2. The van der Waals surface area contributed by atoms with E-state index in [0.29, 0.717) is 15.7 Å². The van der Waals surface area contributed by atoms with Crippen molar-refractivity contribution in [2.45, 2.75) is 13.3 Å². The van der Waals surface area contributed by atoms with Gasteiger partial charge in [0.15, 0.2) is 6.61 Å². The molecule has 0 bridgehead atoms. The van der Waals surface area contributed by atoms with Crippen molar-refractivity contribution in [3.63, 3.8) is 0 Å². The molecule has 4 nitrogen and oxygen atoms in total. The second-order valence-electron chi connectivity index (χ2n) is 4.92. The molecule has 0 heterocycles. The van der Waals surface area contributed by atoms with Crippen LogP contribution in [0.2, 0.25) is 10.0 Å². The first-order chi connectivity index (χ1) is 11.0. The van der Waals surface area contributed by atoms with Crippen molar-refractivity contribution in [2.24, 2.45) is 0 Å². The van der Waals surface area contributed by atoms with E-state index < -0.39 is 18.5 Å². The van der Waals surface area contributed by atoms with E-state index in [0.717, 1.165) is 11.1 Å². The SMILES string of the molecule is Cc1ccc(Cl)c(NC(=O)COC(=O)Cc2ccccc2)c1Cl. The third-order valence-electron chi connectivity index (χ3n) is 3.10. The molecule has 0 aliphatic carbocycles. The smallest absolute Gasteiger partial charge is 0.310 e. The van der Waals surface area contributed by atoms with Crippen LogP contribution in [0.25, 0.3) is 0 Å². The number of aryl methyl sites for hydroxylation is 1. The van der Waals surface area contributed by atoms with Crippen LogP contribution in [0.5, 0.6) is 0 Å². The van der Waals surface area contributed by atoms with Gasteiger partial charge in [-0.15, -0.1) is 0 Å². The molecule has 23 heavy (non-hydrogen) atoms. The first-order valence-electron chi connectivity index (χ1n) is 6.91. The van der Waals surface area contributed by atoms with Gasteiger partial charge in [0, 0.05) is 0 Å². The number of hydrogen-bond donors (Lipinski definition) is 1. The number of rotatable bonds is 5. The Balaban J connectivity index is 1.88. The third kappa shape index (κ3) is 4.98. The van der Waals surface area contributed by atoms with Crippen molar-refractivity contribution in [3.05, 3.63) is 63.6 Å². The molecule has 2 aromatic carbocycles. The lowest BCUT2D eigenvalue weighted by molar-refractivity contribution is -0.146. The minimum absolute atomic E-state index is 0.111. The standard InChI is InChI=1S/C17H15Cl2NO3/c1-11-7-8-13(18)17(16(11)19)20-14(21)10-23-15(22)9-12-5-3-2-4-6-12/h2-8H,9-10H2,1H3,(H,20,21). The molecule has 0 radical (unpaired) electrons. The number of anilines is 1. The monoisotopic (exact) mass is 351 g/mol. The molecular weight excluding hydrogens is 337 g/mol. The van der Waals surface area contributed by atoms with Crippen molar-refractivity contribution in [3.8, 4) is 0 Å². The maximum Gasteiger partial charge on any atom is 0.310 e. The fourth-order valence-corrected chi connectivity index (χ4v) is 2.37. The predicted octanol–water partition coefficient (Wildman–Crippen LogP) is 4.03. The molecule has 6 heteroatoms. The van der Waals surface area contributed by atoms with Crippen LogP contribution in [0.3, 0.4) is 0 Å². The van der Waals surface area contributed by atoms with Gasteiger partial charge >= 0.3 is 5.97 Å². The quantitative estimate of drug-likeness (QED) is 0.827. The zero-order valence-electron chi connectivity index (χ0n) is 12.4. The molecule has 1 N–H and O–H groups in total. The molecular formula is C17H15Cl2NO3. The largest absolute Gasteiger partial charge is 0.455 e. The first kappa shape index (κ1) is 17.3. The van der Waals surface area contributed by atoms with E-state index >= 15 is 0 Å². The van der Waals surface area contributed by atoms with E-state index in [1.165, 1.54) is 0 Å². The zero-order valence-corrected chi connectivity index (χ0v) is 13.9. The Hall–Kier alpha value is -2.04. The second-order valence-corrected chi connectivity index (χ2v) is 5.71. The lowest BCUT2D eigenvalue weighted by Gasteiger charge is -2.11. The number of esters is 1. The summed E-state index contributed by atoms with van der Waals surface area (Å²) in [6, 6.07) is 12.5. The second kappa shape index (κ2) is 7.99. The molecule has 0 spiro atoms. The van der Waals surface area contributed by atoms with Crippen LogP contribution in [0.15, 0.2) is 42.5 Å². The van der Waals surface area contributed by atoms with Crippen molar-refractivity contribution < 1.29 is 14.3 Å². The van der Waals surface area contributed by atoms with E-state index in [1.54, 1.807) is 19.1 Å². The number of amides is 1. The fourth-order valence-electron chi connectivity index (χ4n) is 1.91. The highest BCUT2D eigenvalue weighted by Gasteiger charge is 2.13. The fraction of sp³-hybridized carbons (Fsp3) is 0.176. The average molecular weight is 352 g/mol. The minimum atomic E-state index is -0.499. The number of carbonyl (C=O) groups is 2. The third-order valence-corrected chi connectivity index (χ3v) is 3.91.